The molecule has 0 amide bonds. The molecule has 11 aromatic rings. The quantitative estimate of drug-likeness (QED) is 0.171. The van der Waals surface area contributed by atoms with Gasteiger partial charge in [0.2, 0.25) is 0 Å². The summed E-state index contributed by atoms with van der Waals surface area (Å²) < 4.78 is 4.93. The molecule has 0 aliphatic carbocycles. The lowest BCUT2D eigenvalue weighted by atomic mass is 10.00. The smallest absolute Gasteiger partial charge is 0.164 e. The van der Waals surface area contributed by atoms with Crippen LogP contribution in [0, 0.1) is 0 Å². The van der Waals surface area contributed by atoms with Crippen LogP contribution in [0.2, 0.25) is 0 Å². The lowest BCUT2D eigenvalue weighted by Gasteiger charge is -2.12. The van der Waals surface area contributed by atoms with Crippen LogP contribution < -0.4 is 0 Å². The van der Waals surface area contributed by atoms with E-state index in [4.69, 9.17) is 19.9 Å². The summed E-state index contributed by atoms with van der Waals surface area (Å²) in [5.41, 5.74) is 11.6. The van der Waals surface area contributed by atoms with Crippen LogP contribution in [-0.4, -0.2) is 24.5 Å². The highest BCUT2D eigenvalue weighted by Gasteiger charge is 2.23. The van der Waals surface area contributed by atoms with Crippen molar-refractivity contribution in [1.29, 1.82) is 0 Å². The molecule has 0 saturated heterocycles. The molecule has 262 valence electrons. The van der Waals surface area contributed by atoms with Crippen LogP contribution >= 0.6 is 11.3 Å². The van der Waals surface area contributed by atoms with Gasteiger partial charge in [0.1, 0.15) is 0 Å². The summed E-state index contributed by atoms with van der Waals surface area (Å²) in [6.45, 7) is 0. The van der Waals surface area contributed by atoms with Crippen LogP contribution in [0.4, 0.5) is 0 Å². The number of para-hydroxylation sites is 2. The minimum atomic E-state index is 0.635. The van der Waals surface area contributed by atoms with Crippen molar-refractivity contribution in [1.82, 2.24) is 24.5 Å². The Kier molecular flexibility index (Phi) is 7.60. The zero-order valence-electron chi connectivity index (χ0n) is 30.0. The summed E-state index contributed by atoms with van der Waals surface area (Å²) in [5.74, 6) is 1.93. The molecule has 0 unspecified atom stereocenters. The number of nitrogens with zero attached hydrogens (tertiary/aromatic N) is 5. The van der Waals surface area contributed by atoms with E-state index < -0.39 is 0 Å². The fourth-order valence-corrected chi connectivity index (χ4v) is 9.14. The predicted molar refractivity (Wildman–Crippen MR) is 232 cm³/mol. The molecule has 0 atom stereocenters. The van der Waals surface area contributed by atoms with Gasteiger partial charge in [0, 0.05) is 48.8 Å². The standard InChI is InChI=1S/C50H31N5S/c1-5-15-33(16-6-1)44-43-45-47(40-23-13-14-24-42(40)55(45)38-21-11-4-12-22-38)56-46(43)39-30-29-37(31-41(39)51-44)32-25-27-36(28-26-32)50-53-48(34-17-7-2-8-18-34)52-49(54-50)35-19-9-3-10-20-35/h1-31H. The molecule has 0 aliphatic heterocycles. The number of pyridine rings is 1. The molecule has 0 aliphatic rings. The van der Waals surface area contributed by atoms with E-state index >= 15 is 0 Å². The minimum Gasteiger partial charge on any atom is -0.308 e. The van der Waals surface area contributed by atoms with Gasteiger partial charge < -0.3 is 4.57 Å². The SMILES string of the molecule is c1ccc(-c2nc(-c3ccccc3)nc(-c3ccc(-c4ccc5c(c4)nc(-c4ccccc4)c4c5sc5c6ccccc6n(-c6ccccc6)c54)cc3)n2)cc1. The molecule has 5 nitrogen and oxygen atoms in total. The van der Waals surface area contributed by atoms with E-state index in [1.807, 2.05) is 72.0 Å². The molecule has 11 rings (SSSR count). The molecule has 4 aromatic heterocycles. The Morgan fingerprint density at radius 1 is 0.375 bits per heavy atom. The van der Waals surface area contributed by atoms with Crippen molar-refractivity contribution in [2.45, 2.75) is 0 Å². The van der Waals surface area contributed by atoms with Crippen LogP contribution in [0.3, 0.4) is 0 Å². The fourth-order valence-electron chi connectivity index (χ4n) is 7.78. The Morgan fingerprint density at radius 3 is 1.50 bits per heavy atom. The molecule has 0 fully saturated rings. The second-order valence-corrected chi connectivity index (χ2v) is 14.9. The van der Waals surface area contributed by atoms with Crippen LogP contribution in [0.1, 0.15) is 0 Å². The largest absolute Gasteiger partial charge is 0.308 e. The number of benzene rings is 7. The van der Waals surface area contributed by atoms with Gasteiger partial charge in [-0.3, -0.25) is 0 Å². The van der Waals surface area contributed by atoms with Crippen LogP contribution in [0.25, 0.3) is 104 Å². The third-order valence-electron chi connectivity index (χ3n) is 10.4. The number of fused-ring (bicyclic) bond motifs is 7. The van der Waals surface area contributed by atoms with Gasteiger partial charge >= 0.3 is 0 Å². The maximum Gasteiger partial charge on any atom is 0.164 e. The Morgan fingerprint density at radius 2 is 0.875 bits per heavy atom. The summed E-state index contributed by atoms with van der Waals surface area (Å²) in [5, 5.41) is 3.58. The first-order valence-electron chi connectivity index (χ1n) is 18.6. The van der Waals surface area contributed by atoms with Crippen molar-refractivity contribution in [2.24, 2.45) is 0 Å². The molecular formula is C50H31N5S. The molecule has 0 bridgehead atoms. The van der Waals surface area contributed by atoms with Crippen LogP contribution in [0.5, 0.6) is 0 Å². The molecule has 0 N–H and O–H groups in total. The first kappa shape index (κ1) is 32.2. The summed E-state index contributed by atoms with van der Waals surface area (Å²) in [6, 6.07) is 65.3. The number of aromatic nitrogens is 5. The Labute approximate surface area is 326 Å². The third-order valence-corrected chi connectivity index (χ3v) is 11.7. The second kappa shape index (κ2) is 13.2. The van der Waals surface area contributed by atoms with Gasteiger partial charge in [-0.2, -0.15) is 0 Å². The van der Waals surface area contributed by atoms with Crippen molar-refractivity contribution < 1.29 is 0 Å². The zero-order chi connectivity index (χ0) is 37.0. The molecule has 56 heavy (non-hydrogen) atoms. The third kappa shape index (κ3) is 5.38. The maximum atomic E-state index is 5.50. The fraction of sp³-hybridized carbons (Fsp3) is 0. The number of thiophene rings is 1. The Balaban J connectivity index is 1.06. The van der Waals surface area contributed by atoms with Crippen LogP contribution in [-0.2, 0) is 0 Å². The monoisotopic (exact) mass is 733 g/mol. The van der Waals surface area contributed by atoms with Crippen molar-refractivity contribution in [3.63, 3.8) is 0 Å². The van der Waals surface area contributed by atoms with Crippen LogP contribution in [0.15, 0.2) is 188 Å². The lowest BCUT2D eigenvalue weighted by molar-refractivity contribution is 1.07. The van der Waals surface area contributed by atoms with E-state index in [1.54, 1.807) is 0 Å². The molecule has 4 heterocycles. The molecular weight excluding hydrogens is 703 g/mol. The van der Waals surface area contributed by atoms with E-state index in [0.717, 1.165) is 55.7 Å². The Bertz CT molecular complexity index is 3150. The second-order valence-electron chi connectivity index (χ2n) is 13.8. The van der Waals surface area contributed by atoms with Gasteiger partial charge in [0.25, 0.3) is 0 Å². The topological polar surface area (TPSA) is 56.5 Å². The zero-order valence-corrected chi connectivity index (χ0v) is 30.9. The molecule has 6 heteroatoms. The van der Waals surface area contributed by atoms with Gasteiger partial charge in [0.15, 0.2) is 17.5 Å². The highest BCUT2D eigenvalue weighted by Crippen LogP contribution is 2.48. The summed E-state index contributed by atoms with van der Waals surface area (Å²) in [6.07, 6.45) is 0. The first-order chi connectivity index (χ1) is 27.8. The average molecular weight is 734 g/mol. The lowest BCUT2D eigenvalue weighted by Crippen LogP contribution is -2.00. The highest BCUT2D eigenvalue weighted by molar-refractivity contribution is 7.27. The molecule has 0 saturated carbocycles. The van der Waals surface area contributed by atoms with Crippen molar-refractivity contribution >= 4 is 53.4 Å². The van der Waals surface area contributed by atoms with E-state index in [2.05, 4.69) is 132 Å². The molecule has 7 aromatic carbocycles. The van der Waals surface area contributed by atoms with Gasteiger partial charge in [-0.15, -0.1) is 11.3 Å². The van der Waals surface area contributed by atoms with Gasteiger partial charge in [-0.25, -0.2) is 19.9 Å². The van der Waals surface area contributed by atoms with E-state index in [1.165, 1.54) is 31.2 Å². The summed E-state index contributed by atoms with van der Waals surface area (Å²) in [7, 11) is 0. The normalized spacial score (nSPS) is 11.6. The number of rotatable bonds is 6. The molecule has 0 radical (unpaired) electrons. The molecule has 0 spiro atoms. The van der Waals surface area contributed by atoms with Gasteiger partial charge in [-0.05, 0) is 35.4 Å². The van der Waals surface area contributed by atoms with E-state index in [0.29, 0.717) is 17.5 Å². The van der Waals surface area contributed by atoms with E-state index in [-0.39, 0.29) is 0 Å². The minimum absolute atomic E-state index is 0.635. The van der Waals surface area contributed by atoms with E-state index in [9.17, 15) is 0 Å². The number of hydrogen-bond acceptors (Lipinski definition) is 5. The Hall–Kier alpha value is -7.28. The highest BCUT2D eigenvalue weighted by atomic mass is 32.1. The van der Waals surface area contributed by atoms with Crippen molar-refractivity contribution in [2.75, 3.05) is 0 Å². The van der Waals surface area contributed by atoms with Gasteiger partial charge in [0.05, 0.1) is 26.9 Å². The van der Waals surface area contributed by atoms with Crippen molar-refractivity contribution in [3.8, 4) is 62.2 Å². The van der Waals surface area contributed by atoms with Gasteiger partial charge in [-0.1, -0.05) is 164 Å². The number of hydrogen-bond donors (Lipinski definition) is 0. The first-order valence-corrected chi connectivity index (χ1v) is 19.5. The average Bonchev–Trinajstić information content (AvgIpc) is 3.82. The summed E-state index contributed by atoms with van der Waals surface area (Å²) in [4.78, 5) is 20.2. The van der Waals surface area contributed by atoms with Crippen molar-refractivity contribution in [3.05, 3.63) is 188 Å². The maximum absolute atomic E-state index is 5.50. The predicted octanol–water partition coefficient (Wildman–Crippen LogP) is 13.1. The summed E-state index contributed by atoms with van der Waals surface area (Å²) >= 11 is 1.87.